The minimum atomic E-state index is -0.789. The smallest absolute Gasteiger partial charge is 0.340 e. The first-order valence-corrected chi connectivity index (χ1v) is 6.13. The molecule has 0 atom stereocenters. The van der Waals surface area contributed by atoms with Crippen LogP contribution in [0.25, 0.3) is 0 Å². The summed E-state index contributed by atoms with van der Waals surface area (Å²) in [5.41, 5.74) is -0.983. The Bertz CT molecular complexity index is 800. The van der Waals surface area contributed by atoms with E-state index < -0.39 is 27.8 Å². The molecule has 7 nitrogen and oxygen atoms in total. The molecule has 0 aliphatic heterocycles. The molecule has 2 aromatic rings. The topological polar surface area (TPSA) is 91.4 Å². The number of esters is 1. The molecule has 0 radical (unpaired) electrons. The van der Waals surface area contributed by atoms with E-state index in [1.54, 1.807) is 0 Å². The number of hydrogen-bond donors (Lipinski definition) is 0. The van der Waals surface area contributed by atoms with Crippen LogP contribution in [0.3, 0.4) is 0 Å². The molecule has 8 heteroatoms. The van der Waals surface area contributed by atoms with Gasteiger partial charge in [-0.3, -0.25) is 14.9 Å². The molecular formula is C14H11FN2O5. The number of ether oxygens (including phenoxy) is 1. The van der Waals surface area contributed by atoms with E-state index in [1.807, 2.05) is 0 Å². The van der Waals surface area contributed by atoms with Gasteiger partial charge in [-0.2, -0.15) is 0 Å². The van der Waals surface area contributed by atoms with E-state index in [1.165, 1.54) is 22.9 Å². The van der Waals surface area contributed by atoms with Crippen LogP contribution in [0.1, 0.15) is 15.9 Å². The van der Waals surface area contributed by atoms with Gasteiger partial charge in [-0.1, -0.05) is 6.07 Å². The van der Waals surface area contributed by atoms with Crippen molar-refractivity contribution in [2.45, 2.75) is 6.54 Å². The molecule has 0 spiro atoms. The monoisotopic (exact) mass is 306 g/mol. The summed E-state index contributed by atoms with van der Waals surface area (Å²) in [5.74, 6) is -1.54. The van der Waals surface area contributed by atoms with Crippen molar-refractivity contribution in [3.63, 3.8) is 0 Å². The third kappa shape index (κ3) is 3.17. The van der Waals surface area contributed by atoms with Crippen molar-refractivity contribution in [1.82, 2.24) is 4.57 Å². The zero-order valence-corrected chi connectivity index (χ0v) is 11.5. The maximum atomic E-state index is 13.8. The molecule has 0 saturated heterocycles. The van der Waals surface area contributed by atoms with Gasteiger partial charge in [0, 0.05) is 18.8 Å². The summed E-state index contributed by atoms with van der Waals surface area (Å²) in [6.45, 7) is 0.111. The third-order valence-electron chi connectivity index (χ3n) is 2.96. The first kappa shape index (κ1) is 15.4. The van der Waals surface area contributed by atoms with Gasteiger partial charge < -0.3 is 9.30 Å². The Hall–Kier alpha value is -3.03. The van der Waals surface area contributed by atoms with Crippen molar-refractivity contribution in [2.75, 3.05) is 7.11 Å². The average Bonchev–Trinajstić information content (AvgIpc) is 2.48. The van der Waals surface area contributed by atoms with Crippen LogP contribution < -0.4 is 5.43 Å². The van der Waals surface area contributed by atoms with Crippen molar-refractivity contribution >= 4 is 11.7 Å². The third-order valence-corrected chi connectivity index (χ3v) is 2.96. The van der Waals surface area contributed by atoms with Crippen molar-refractivity contribution < 1.29 is 18.8 Å². The van der Waals surface area contributed by atoms with Gasteiger partial charge in [0.1, 0.15) is 5.82 Å². The normalized spacial score (nSPS) is 10.3. The van der Waals surface area contributed by atoms with E-state index >= 15 is 0 Å². The number of carbonyl (C=O) groups excluding carboxylic acids is 1. The molecule has 1 heterocycles. The molecule has 0 aliphatic carbocycles. The molecule has 114 valence electrons. The minimum Gasteiger partial charge on any atom is -0.465 e. The highest BCUT2D eigenvalue weighted by Gasteiger charge is 2.14. The Morgan fingerprint density at radius 2 is 2.14 bits per heavy atom. The second-order valence-electron chi connectivity index (χ2n) is 4.43. The Labute approximate surface area is 123 Å². The molecule has 0 N–H and O–H groups in total. The highest BCUT2D eigenvalue weighted by Crippen LogP contribution is 2.13. The molecule has 0 unspecified atom stereocenters. The van der Waals surface area contributed by atoms with E-state index in [0.717, 1.165) is 25.4 Å². The van der Waals surface area contributed by atoms with Gasteiger partial charge in [0.05, 0.1) is 23.8 Å². The fourth-order valence-electron chi connectivity index (χ4n) is 1.89. The molecule has 2 rings (SSSR count). The lowest BCUT2D eigenvalue weighted by atomic mass is 10.1. The summed E-state index contributed by atoms with van der Waals surface area (Å²) in [6.07, 6.45) is 2.44. The van der Waals surface area contributed by atoms with Gasteiger partial charge in [-0.15, -0.1) is 0 Å². The summed E-state index contributed by atoms with van der Waals surface area (Å²) in [5, 5.41) is 10.7. The Kier molecular flexibility index (Phi) is 4.31. The highest BCUT2D eigenvalue weighted by molar-refractivity contribution is 5.89. The van der Waals surface area contributed by atoms with Crippen LogP contribution in [0.2, 0.25) is 0 Å². The number of nitrogens with zero attached hydrogens (tertiary/aromatic N) is 2. The van der Waals surface area contributed by atoms with Gasteiger partial charge in [-0.25, -0.2) is 9.18 Å². The summed E-state index contributed by atoms with van der Waals surface area (Å²) in [4.78, 5) is 32.5. The summed E-state index contributed by atoms with van der Waals surface area (Å²) < 4.78 is 19.6. The largest absolute Gasteiger partial charge is 0.465 e. The quantitative estimate of drug-likeness (QED) is 0.487. The van der Waals surface area contributed by atoms with E-state index in [2.05, 4.69) is 4.74 Å². The van der Waals surface area contributed by atoms with Crippen LogP contribution in [-0.2, 0) is 11.3 Å². The number of halogens is 1. The van der Waals surface area contributed by atoms with Gasteiger partial charge in [0.25, 0.3) is 5.43 Å². The molecule has 0 bridgehead atoms. The maximum Gasteiger partial charge on any atom is 0.340 e. The number of methoxy groups -OCH3 is 1. The van der Waals surface area contributed by atoms with Crippen LogP contribution in [0.4, 0.5) is 10.1 Å². The van der Waals surface area contributed by atoms with Gasteiger partial charge in [0.2, 0.25) is 0 Å². The fraction of sp³-hybridized carbons (Fsp3) is 0.143. The molecule has 22 heavy (non-hydrogen) atoms. The van der Waals surface area contributed by atoms with E-state index in [4.69, 9.17) is 0 Å². The number of nitro groups is 1. The second-order valence-corrected chi connectivity index (χ2v) is 4.43. The number of benzene rings is 1. The first-order valence-electron chi connectivity index (χ1n) is 6.13. The summed E-state index contributed by atoms with van der Waals surface area (Å²) in [7, 11) is 1.15. The van der Waals surface area contributed by atoms with Crippen molar-refractivity contribution in [3.05, 3.63) is 73.9 Å². The fourth-order valence-corrected chi connectivity index (χ4v) is 1.89. The number of pyridine rings is 1. The van der Waals surface area contributed by atoms with Gasteiger partial charge in [0.15, 0.2) is 0 Å². The summed E-state index contributed by atoms with van der Waals surface area (Å²) >= 11 is 0. The Morgan fingerprint density at radius 1 is 1.41 bits per heavy atom. The average molecular weight is 306 g/mol. The predicted molar refractivity (Wildman–Crippen MR) is 74.2 cm³/mol. The van der Waals surface area contributed by atoms with Crippen molar-refractivity contribution in [1.29, 1.82) is 0 Å². The SMILES string of the molecule is COC(=O)c1ccc(Cn2ccc(=O)c([N+](=O)[O-])c2)cc1F. The second kappa shape index (κ2) is 6.17. The van der Waals surface area contributed by atoms with Gasteiger partial charge >= 0.3 is 11.7 Å². The molecule has 0 fully saturated rings. The standard InChI is InChI=1S/C14H11FN2O5/c1-22-14(19)10-3-2-9(6-11(10)15)7-16-5-4-13(18)12(8-16)17(20)21/h2-6,8H,7H2,1H3. The molecule has 0 amide bonds. The number of aromatic nitrogens is 1. The molecule has 1 aromatic carbocycles. The van der Waals surface area contributed by atoms with Gasteiger partial charge in [-0.05, 0) is 17.7 Å². The summed E-state index contributed by atoms with van der Waals surface area (Å²) in [6, 6.07) is 4.97. The zero-order valence-electron chi connectivity index (χ0n) is 11.5. The number of hydrogen-bond acceptors (Lipinski definition) is 5. The Balaban J connectivity index is 2.30. The van der Waals surface area contributed by atoms with E-state index in [-0.39, 0.29) is 12.1 Å². The Morgan fingerprint density at radius 3 is 2.73 bits per heavy atom. The number of carbonyl (C=O) groups is 1. The van der Waals surface area contributed by atoms with Crippen LogP contribution in [0.15, 0.2) is 41.5 Å². The maximum absolute atomic E-state index is 13.8. The van der Waals surface area contributed by atoms with Crippen LogP contribution in [-0.4, -0.2) is 22.6 Å². The number of rotatable bonds is 4. The predicted octanol–water partition coefficient (Wildman–Crippen LogP) is 1.73. The molecule has 0 aliphatic rings. The van der Waals surface area contributed by atoms with Crippen LogP contribution in [0, 0.1) is 15.9 Å². The van der Waals surface area contributed by atoms with Crippen LogP contribution >= 0.6 is 0 Å². The lowest BCUT2D eigenvalue weighted by molar-refractivity contribution is -0.386. The van der Waals surface area contributed by atoms with Crippen molar-refractivity contribution in [2.24, 2.45) is 0 Å². The lowest BCUT2D eigenvalue weighted by Crippen LogP contribution is -2.12. The first-order chi connectivity index (χ1) is 10.4. The molecule has 1 aromatic heterocycles. The van der Waals surface area contributed by atoms with Crippen LogP contribution in [0.5, 0.6) is 0 Å². The molecule has 0 saturated carbocycles. The van der Waals surface area contributed by atoms with E-state index in [0.29, 0.717) is 5.56 Å². The zero-order chi connectivity index (χ0) is 16.3. The molecular weight excluding hydrogens is 295 g/mol. The van der Waals surface area contributed by atoms with Crippen molar-refractivity contribution in [3.8, 4) is 0 Å². The van der Waals surface area contributed by atoms with E-state index in [9.17, 15) is 24.1 Å². The highest BCUT2D eigenvalue weighted by atomic mass is 19.1. The minimum absolute atomic E-state index is 0.111. The lowest BCUT2D eigenvalue weighted by Gasteiger charge is -2.08.